The Labute approximate surface area is 113 Å². The summed E-state index contributed by atoms with van der Waals surface area (Å²) in [7, 11) is 1.71. The van der Waals surface area contributed by atoms with Crippen LogP contribution in [0.15, 0.2) is 24.3 Å². The average Bonchev–Trinajstić information content (AvgIpc) is 2.36. The van der Waals surface area contributed by atoms with E-state index in [1.54, 1.807) is 11.9 Å². The molecule has 0 fully saturated rings. The van der Waals surface area contributed by atoms with Gasteiger partial charge in [-0.1, -0.05) is 29.8 Å². The van der Waals surface area contributed by atoms with Crippen molar-refractivity contribution < 1.29 is 9.90 Å². The highest BCUT2D eigenvalue weighted by Gasteiger charge is 2.26. The molecule has 0 saturated carbocycles. The largest absolute Gasteiger partial charge is 0.394 e. The lowest BCUT2D eigenvalue weighted by Crippen LogP contribution is -2.47. The highest BCUT2D eigenvalue weighted by molar-refractivity contribution is 6.31. The molecule has 0 aromatic heterocycles. The van der Waals surface area contributed by atoms with Crippen LogP contribution in [0.25, 0.3) is 0 Å². The molecule has 0 aliphatic carbocycles. The van der Waals surface area contributed by atoms with E-state index in [0.29, 0.717) is 17.9 Å². The van der Waals surface area contributed by atoms with Crippen LogP contribution in [0.2, 0.25) is 5.02 Å². The summed E-state index contributed by atoms with van der Waals surface area (Å²) in [6, 6.07) is 7.53. The van der Waals surface area contributed by atoms with E-state index in [9.17, 15) is 9.90 Å². The Balaban J connectivity index is 2.59. The van der Waals surface area contributed by atoms with E-state index >= 15 is 0 Å². The topological polar surface area (TPSA) is 40.5 Å². The molecule has 1 amide bonds. The van der Waals surface area contributed by atoms with Crippen LogP contribution >= 0.6 is 11.6 Å². The average molecular weight is 270 g/mol. The van der Waals surface area contributed by atoms with Crippen LogP contribution in [0.1, 0.15) is 25.8 Å². The molecule has 18 heavy (non-hydrogen) atoms. The van der Waals surface area contributed by atoms with Gasteiger partial charge in [0.25, 0.3) is 0 Å². The number of aryl methyl sites for hydroxylation is 1. The van der Waals surface area contributed by atoms with Gasteiger partial charge in [-0.3, -0.25) is 4.79 Å². The molecule has 1 aromatic rings. The van der Waals surface area contributed by atoms with E-state index in [1.807, 2.05) is 38.1 Å². The molecule has 0 bridgehead atoms. The van der Waals surface area contributed by atoms with E-state index in [1.165, 1.54) is 0 Å². The Morgan fingerprint density at radius 3 is 2.56 bits per heavy atom. The number of benzene rings is 1. The summed E-state index contributed by atoms with van der Waals surface area (Å²) in [4.78, 5) is 13.6. The van der Waals surface area contributed by atoms with Gasteiger partial charge in [0.15, 0.2) is 0 Å². The predicted octanol–water partition coefficient (Wildman–Crippen LogP) is 2.50. The van der Waals surface area contributed by atoms with Gasteiger partial charge in [-0.05, 0) is 31.9 Å². The quantitative estimate of drug-likeness (QED) is 0.892. The first-order chi connectivity index (χ1) is 8.38. The molecule has 0 heterocycles. The van der Waals surface area contributed by atoms with Crippen molar-refractivity contribution in [2.24, 2.45) is 0 Å². The zero-order valence-electron chi connectivity index (χ0n) is 11.1. The van der Waals surface area contributed by atoms with Gasteiger partial charge in [-0.25, -0.2) is 0 Å². The molecule has 100 valence electrons. The summed E-state index contributed by atoms with van der Waals surface area (Å²) in [6.45, 7) is 3.61. The summed E-state index contributed by atoms with van der Waals surface area (Å²) < 4.78 is 0. The maximum absolute atomic E-state index is 12.0. The number of hydrogen-bond donors (Lipinski definition) is 1. The van der Waals surface area contributed by atoms with Gasteiger partial charge in [0, 0.05) is 18.5 Å². The van der Waals surface area contributed by atoms with Crippen LogP contribution in [0.5, 0.6) is 0 Å². The second kappa shape index (κ2) is 6.21. The van der Waals surface area contributed by atoms with Gasteiger partial charge in [0.05, 0.1) is 12.1 Å². The van der Waals surface area contributed by atoms with Gasteiger partial charge in [0.1, 0.15) is 0 Å². The van der Waals surface area contributed by atoms with Gasteiger partial charge in [-0.15, -0.1) is 0 Å². The fraction of sp³-hybridized carbons (Fsp3) is 0.500. The number of nitrogens with zero attached hydrogens (tertiary/aromatic N) is 1. The zero-order valence-corrected chi connectivity index (χ0v) is 11.9. The number of carbonyl (C=O) groups is 1. The Morgan fingerprint density at radius 1 is 1.39 bits per heavy atom. The van der Waals surface area contributed by atoms with Crippen LogP contribution in [0.3, 0.4) is 0 Å². The maximum atomic E-state index is 12.0. The Hall–Kier alpha value is -1.06. The fourth-order valence-corrected chi connectivity index (χ4v) is 1.78. The minimum atomic E-state index is -0.530. The van der Waals surface area contributed by atoms with E-state index in [-0.39, 0.29) is 12.5 Å². The van der Waals surface area contributed by atoms with Crippen molar-refractivity contribution in [1.29, 1.82) is 0 Å². The van der Waals surface area contributed by atoms with E-state index in [4.69, 9.17) is 11.6 Å². The predicted molar refractivity (Wildman–Crippen MR) is 73.7 cm³/mol. The number of likely N-dealkylation sites (N-methyl/N-ethyl adjacent to an activating group) is 1. The molecule has 3 nitrogen and oxygen atoms in total. The summed E-state index contributed by atoms with van der Waals surface area (Å²) in [5, 5.41) is 9.92. The van der Waals surface area contributed by atoms with Gasteiger partial charge >= 0.3 is 0 Å². The molecular formula is C14H20ClNO2. The third kappa shape index (κ3) is 3.72. The van der Waals surface area contributed by atoms with Gasteiger partial charge in [-0.2, -0.15) is 0 Å². The van der Waals surface area contributed by atoms with Crippen molar-refractivity contribution in [2.45, 2.75) is 32.2 Å². The lowest BCUT2D eigenvalue weighted by molar-refractivity contribution is -0.135. The smallest absolute Gasteiger partial charge is 0.223 e. The molecule has 0 unspecified atom stereocenters. The molecule has 1 N–H and O–H groups in total. The molecule has 4 heteroatoms. The summed E-state index contributed by atoms with van der Waals surface area (Å²) in [6.07, 6.45) is 1.01. The van der Waals surface area contributed by atoms with Crippen molar-refractivity contribution in [3.8, 4) is 0 Å². The molecule has 1 aromatic carbocycles. The van der Waals surface area contributed by atoms with Crippen LogP contribution < -0.4 is 0 Å². The normalized spacial score (nSPS) is 11.4. The molecule has 0 atom stereocenters. The maximum Gasteiger partial charge on any atom is 0.223 e. The van der Waals surface area contributed by atoms with Crippen molar-refractivity contribution in [1.82, 2.24) is 4.90 Å². The minimum absolute atomic E-state index is 0.00831. The van der Waals surface area contributed by atoms with Crippen LogP contribution in [0.4, 0.5) is 0 Å². The summed E-state index contributed by atoms with van der Waals surface area (Å²) >= 11 is 6.04. The molecule has 0 aliphatic heterocycles. The fourth-order valence-electron chi connectivity index (χ4n) is 1.55. The van der Waals surface area contributed by atoms with Crippen molar-refractivity contribution >= 4 is 17.5 Å². The first-order valence-electron chi connectivity index (χ1n) is 5.99. The number of hydrogen-bond acceptors (Lipinski definition) is 2. The number of rotatable bonds is 5. The van der Waals surface area contributed by atoms with Crippen molar-refractivity contribution in [3.63, 3.8) is 0 Å². The van der Waals surface area contributed by atoms with Crippen LogP contribution in [-0.2, 0) is 11.2 Å². The van der Waals surface area contributed by atoms with Gasteiger partial charge in [0.2, 0.25) is 5.91 Å². The molecule has 0 radical (unpaired) electrons. The SMILES string of the molecule is CN(C(=O)CCc1ccccc1Cl)C(C)(C)CO. The third-order valence-corrected chi connectivity index (χ3v) is 3.60. The van der Waals surface area contributed by atoms with Crippen molar-refractivity contribution in [3.05, 3.63) is 34.9 Å². The molecule has 0 spiro atoms. The molecule has 0 saturated heterocycles. The first kappa shape index (κ1) is 15.0. The first-order valence-corrected chi connectivity index (χ1v) is 6.37. The number of halogens is 1. The number of aliphatic hydroxyl groups excluding tert-OH is 1. The summed E-state index contributed by atoms with van der Waals surface area (Å²) in [5.41, 5.74) is 0.445. The highest BCUT2D eigenvalue weighted by Crippen LogP contribution is 2.18. The van der Waals surface area contributed by atoms with E-state index in [2.05, 4.69) is 0 Å². The monoisotopic (exact) mass is 269 g/mol. The second-order valence-electron chi connectivity index (χ2n) is 5.01. The Kier molecular flexibility index (Phi) is 5.17. The lowest BCUT2D eigenvalue weighted by Gasteiger charge is -2.34. The minimum Gasteiger partial charge on any atom is -0.394 e. The van der Waals surface area contributed by atoms with Crippen LogP contribution in [-0.4, -0.2) is 35.1 Å². The highest BCUT2D eigenvalue weighted by atomic mass is 35.5. The molecule has 1 rings (SSSR count). The Morgan fingerprint density at radius 2 is 2.00 bits per heavy atom. The van der Waals surface area contributed by atoms with Crippen molar-refractivity contribution in [2.75, 3.05) is 13.7 Å². The third-order valence-electron chi connectivity index (χ3n) is 3.24. The van der Waals surface area contributed by atoms with E-state index < -0.39 is 5.54 Å². The zero-order chi connectivity index (χ0) is 13.8. The number of aliphatic hydroxyl groups is 1. The standard InChI is InChI=1S/C14H20ClNO2/c1-14(2,10-17)16(3)13(18)9-8-11-6-4-5-7-12(11)15/h4-7,17H,8-10H2,1-3H3. The second-order valence-corrected chi connectivity index (χ2v) is 5.42. The number of carbonyl (C=O) groups excluding carboxylic acids is 1. The lowest BCUT2D eigenvalue weighted by atomic mass is 10.0. The Bertz CT molecular complexity index is 418. The molecule has 0 aliphatic rings. The molecular weight excluding hydrogens is 250 g/mol. The summed E-state index contributed by atoms with van der Waals surface area (Å²) in [5.74, 6) is 0.00831. The van der Waals surface area contributed by atoms with E-state index in [0.717, 1.165) is 5.56 Å². The van der Waals surface area contributed by atoms with Crippen LogP contribution in [0, 0.1) is 0 Å². The van der Waals surface area contributed by atoms with Gasteiger partial charge < -0.3 is 10.0 Å². The number of amides is 1.